The fourth-order valence-electron chi connectivity index (χ4n) is 3.12. The maximum atomic E-state index is 12.2. The number of nitrogens with one attached hydrogen (secondary N) is 1. The van der Waals surface area contributed by atoms with Gasteiger partial charge in [-0.2, -0.15) is 0 Å². The molecule has 1 aliphatic carbocycles. The van der Waals surface area contributed by atoms with Crippen molar-refractivity contribution in [3.8, 4) is 0 Å². The topological polar surface area (TPSA) is 55.4 Å². The van der Waals surface area contributed by atoms with E-state index >= 15 is 0 Å². The Morgan fingerprint density at radius 2 is 2.04 bits per heavy atom. The first-order valence-electron chi connectivity index (χ1n) is 8.20. The molecule has 1 aromatic heterocycles. The lowest BCUT2D eigenvalue weighted by atomic mass is 9.86. The largest absolute Gasteiger partial charge is 0.451 e. The Bertz CT molecular complexity index is 758. The fraction of sp³-hybridized carbons (Fsp3) is 0.444. The zero-order valence-corrected chi connectivity index (χ0v) is 15.1. The first-order chi connectivity index (χ1) is 11.6. The van der Waals surface area contributed by atoms with E-state index in [0.29, 0.717) is 15.8 Å². The zero-order valence-electron chi connectivity index (χ0n) is 13.5. The summed E-state index contributed by atoms with van der Waals surface area (Å²) in [6, 6.07) is 7.71. The highest BCUT2D eigenvalue weighted by Crippen LogP contribution is 2.35. The lowest BCUT2D eigenvalue weighted by molar-refractivity contribution is -0.125. The molecule has 4 nitrogen and oxygen atoms in total. The van der Waals surface area contributed by atoms with E-state index in [2.05, 4.69) is 12.2 Å². The Morgan fingerprint density at radius 1 is 1.29 bits per heavy atom. The van der Waals surface area contributed by atoms with Crippen molar-refractivity contribution in [1.82, 2.24) is 5.32 Å². The molecule has 2 aromatic rings. The van der Waals surface area contributed by atoms with Crippen molar-refractivity contribution in [2.75, 3.05) is 6.61 Å². The van der Waals surface area contributed by atoms with Crippen molar-refractivity contribution < 1.29 is 14.3 Å². The number of hydrogen-bond donors (Lipinski definition) is 1. The summed E-state index contributed by atoms with van der Waals surface area (Å²) >= 11 is 7.53. The summed E-state index contributed by atoms with van der Waals surface area (Å²) in [7, 11) is 0. The number of fused-ring (bicyclic) bond motifs is 1. The molecule has 1 fully saturated rings. The summed E-state index contributed by atoms with van der Waals surface area (Å²) in [5.74, 6) is -0.331. The summed E-state index contributed by atoms with van der Waals surface area (Å²) in [5, 5.41) is 4.19. The van der Waals surface area contributed by atoms with Crippen molar-refractivity contribution in [3.63, 3.8) is 0 Å². The Kier molecular flexibility index (Phi) is 5.41. The van der Waals surface area contributed by atoms with Gasteiger partial charge in [-0.1, -0.05) is 49.6 Å². The lowest BCUT2D eigenvalue weighted by Crippen LogP contribution is -2.42. The van der Waals surface area contributed by atoms with E-state index in [9.17, 15) is 9.59 Å². The van der Waals surface area contributed by atoms with Crippen LogP contribution in [0.3, 0.4) is 0 Å². The van der Waals surface area contributed by atoms with Gasteiger partial charge < -0.3 is 10.1 Å². The van der Waals surface area contributed by atoms with Crippen LogP contribution in [0.1, 0.15) is 42.3 Å². The zero-order chi connectivity index (χ0) is 17.1. The third-order valence-corrected chi connectivity index (χ3v) is 6.17. The van der Waals surface area contributed by atoms with Crippen LogP contribution in [-0.4, -0.2) is 24.5 Å². The third-order valence-electron chi connectivity index (χ3n) is 4.51. The van der Waals surface area contributed by atoms with Crippen LogP contribution in [0.25, 0.3) is 10.1 Å². The number of halogens is 1. The molecular formula is C18H20ClNO3S. The van der Waals surface area contributed by atoms with E-state index in [-0.39, 0.29) is 18.6 Å². The molecule has 1 heterocycles. The Balaban J connectivity index is 1.58. The van der Waals surface area contributed by atoms with Crippen LogP contribution in [0.15, 0.2) is 24.3 Å². The normalized spacial score (nSPS) is 20.8. The SMILES string of the molecule is C[C@H]1CCCC[C@H]1NC(=O)COC(=O)c1sc2ccccc2c1Cl. The molecule has 0 bridgehead atoms. The van der Waals surface area contributed by atoms with E-state index < -0.39 is 5.97 Å². The highest BCUT2D eigenvalue weighted by Gasteiger charge is 2.24. The number of carbonyl (C=O) groups is 2. The van der Waals surface area contributed by atoms with Crippen LogP contribution < -0.4 is 5.32 Å². The minimum atomic E-state index is -0.548. The second-order valence-electron chi connectivity index (χ2n) is 6.25. The number of rotatable bonds is 4. The van der Waals surface area contributed by atoms with Gasteiger partial charge in [0.25, 0.3) is 5.91 Å². The van der Waals surface area contributed by atoms with Crippen molar-refractivity contribution in [2.24, 2.45) is 5.92 Å². The van der Waals surface area contributed by atoms with Crippen LogP contribution in [0, 0.1) is 5.92 Å². The lowest BCUT2D eigenvalue weighted by Gasteiger charge is -2.29. The van der Waals surface area contributed by atoms with Crippen molar-refractivity contribution in [3.05, 3.63) is 34.2 Å². The monoisotopic (exact) mass is 365 g/mol. The molecule has 0 aliphatic heterocycles. The summed E-state index contributed by atoms with van der Waals surface area (Å²) in [6.07, 6.45) is 4.46. The van der Waals surface area contributed by atoms with Crippen molar-refractivity contribution in [1.29, 1.82) is 0 Å². The van der Waals surface area contributed by atoms with Crippen LogP contribution in [0.4, 0.5) is 0 Å². The quantitative estimate of drug-likeness (QED) is 0.816. The van der Waals surface area contributed by atoms with Gasteiger partial charge in [-0.3, -0.25) is 4.79 Å². The highest BCUT2D eigenvalue weighted by atomic mass is 35.5. The molecule has 2 atom stereocenters. The van der Waals surface area contributed by atoms with E-state index in [1.807, 2.05) is 24.3 Å². The highest BCUT2D eigenvalue weighted by molar-refractivity contribution is 7.21. The predicted molar refractivity (Wildman–Crippen MR) is 96.7 cm³/mol. The second kappa shape index (κ2) is 7.53. The molecule has 0 spiro atoms. The Hall–Kier alpha value is -1.59. The van der Waals surface area contributed by atoms with Crippen LogP contribution in [-0.2, 0) is 9.53 Å². The standard InChI is InChI=1S/C18H20ClNO3S/c1-11-6-2-4-8-13(11)20-15(21)10-23-18(22)17-16(19)12-7-3-5-9-14(12)24-17/h3,5,7,9,11,13H,2,4,6,8,10H2,1H3,(H,20,21)/t11-,13+/m0/s1. The van der Waals surface area contributed by atoms with Gasteiger partial charge in [0.05, 0.1) is 5.02 Å². The molecule has 3 rings (SSSR count). The van der Waals surface area contributed by atoms with Gasteiger partial charge in [0.2, 0.25) is 0 Å². The average molecular weight is 366 g/mol. The van der Waals surface area contributed by atoms with Crippen molar-refractivity contribution >= 4 is 44.9 Å². The smallest absolute Gasteiger partial charge is 0.350 e. The van der Waals surface area contributed by atoms with E-state index in [1.165, 1.54) is 17.8 Å². The van der Waals surface area contributed by atoms with Crippen molar-refractivity contribution in [2.45, 2.75) is 38.6 Å². The minimum Gasteiger partial charge on any atom is -0.451 e. The van der Waals surface area contributed by atoms with Crippen LogP contribution in [0.5, 0.6) is 0 Å². The van der Waals surface area contributed by atoms with Crippen LogP contribution >= 0.6 is 22.9 Å². The predicted octanol–water partition coefficient (Wildman–Crippen LogP) is 4.41. The van der Waals surface area contributed by atoms with Gasteiger partial charge in [0.1, 0.15) is 4.88 Å². The summed E-state index contributed by atoms with van der Waals surface area (Å²) in [6.45, 7) is 1.87. The van der Waals surface area contributed by atoms with Gasteiger partial charge in [-0.25, -0.2) is 4.79 Å². The Labute approximate surface area is 150 Å². The Morgan fingerprint density at radius 3 is 2.79 bits per heavy atom. The molecule has 128 valence electrons. The second-order valence-corrected chi connectivity index (χ2v) is 7.68. The first kappa shape index (κ1) is 17.2. The summed E-state index contributed by atoms with van der Waals surface area (Å²) < 4.78 is 6.08. The van der Waals surface area contributed by atoms with Gasteiger partial charge in [-0.15, -0.1) is 11.3 Å². The van der Waals surface area contributed by atoms with Crippen LogP contribution in [0.2, 0.25) is 5.02 Å². The number of thiophene rings is 1. The fourth-order valence-corrected chi connectivity index (χ4v) is 4.52. The maximum absolute atomic E-state index is 12.2. The molecular weight excluding hydrogens is 346 g/mol. The molecule has 0 radical (unpaired) electrons. The minimum absolute atomic E-state index is 0.179. The van der Waals surface area contributed by atoms with Gasteiger partial charge in [0, 0.05) is 16.1 Å². The van der Waals surface area contributed by atoms with Gasteiger partial charge in [-0.05, 0) is 24.8 Å². The molecule has 24 heavy (non-hydrogen) atoms. The van der Waals surface area contributed by atoms with E-state index in [0.717, 1.165) is 29.3 Å². The molecule has 1 aliphatic rings. The number of hydrogen-bond acceptors (Lipinski definition) is 4. The average Bonchev–Trinajstić information content (AvgIpc) is 2.92. The first-order valence-corrected chi connectivity index (χ1v) is 9.39. The molecule has 1 amide bonds. The van der Waals surface area contributed by atoms with E-state index in [4.69, 9.17) is 16.3 Å². The number of benzene rings is 1. The summed E-state index contributed by atoms with van der Waals surface area (Å²) in [4.78, 5) is 24.6. The number of amides is 1. The molecule has 1 aromatic carbocycles. The molecule has 0 saturated heterocycles. The molecule has 1 N–H and O–H groups in total. The number of ether oxygens (including phenoxy) is 1. The maximum Gasteiger partial charge on any atom is 0.350 e. The van der Waals surface area contributed by atoms with E-state index in [1.54, 1.807) is 0 Å². The molecule has 1 saturated carbocycles. The van der Waals surface area contributed by atoms with Gasteiger partial charge in [0.15, 0.2) is 6.61 Å². The third kappa shape index (κ3) is 3.73. The number of carbonyl (C=O) groups excluding carboxylic acids is 2. The number of esters is 1. The molecule has 0 unspecified atom stereocenters. The summed E-state index contributed by atoms with van der Waals surface area (Å²) in [5.41, 5.74) is 0. The molecule has 6 heteroatoms. The van der Waals surface area contributed by atoms with Gasteiger partial charge >= 0.3 is 5.97 Å².